The summed E-state index contributed by atoms with van der Waals surface area (Å²) in [6.07, 6.45) is 0. The summed E-state index contributed by atoms with van der Waals surface area (Å²) in [6.45, 7) is 8.00. The van der Waals surface area contributed by atoms with Crippen molar-refractivity contribution >= 4 is 11.6 Å². The molecule has 2 nitrogen and oxygen atoms in total. The van der Waals surface area contributed by atoms with Crippen LogP contribution in [0.5, 0.6) is 0 Å². The Kier molecular flexibility index (Phi) is 4.60. The van der Waals surface area contributed by atoms with Gasteiger partial charge >= 0.3 is 0 Å². The van der Waals surface area contributed by atoms with Gasteiger partial charge in [-0.25, -0.2) is 4.39 Å². The third kappa shape index (κ3) is 3.22. The first kappa shape index (κ1) is 13.8. The molecule has 1 aromatic carbocycles. The molecular formula is C14H20ClFN2. The summed E-state index contributed by atoms with van der Waals surface area (Å²) in [5.41, 5.74) is 0.729. The zero-order chi connectivity index (χ0) is 13.1. The summed E-state index contributed by atoms with van der Waals surface area (Å²) in [4.78, 5) is 2.35. The first-order chi connectivity index (χ1) is 8.58. The Morgan fingerprint density at radius 3 is 2.94 bits per heavy atom. The van der Waals surface area contributed by atoms with Crippen molar-refractivity contribution in [1.82, 2.24) is 10.2 Å². The number of hydrogen-bond acceptors (Lipinski definition) is 2. The molecular weight excluding hydrogens is 251 g/mol. The van der Waals surface area contributed by atoms with E-state index in [1.54, 1.807) is 12.1 Å². The van der Waals surface area contributed by atoms with Crippen LogP contribution in [0.4, 0.5) is 4.39 Å². The average Bonchev–Trinajstić information content (AvgIpc) is 2.33. The molecule has 0 bridgehead atoms. The Balaban J connectivity index is 2.11. The van der Waals surface area contributed by atoms with E-state index in [0.29, 0.717) is 23.5 Å². The first-order valence-electron chi connectivity index (χ1n) is 6.46. The standard InChI is InChI=1S/C14H20ClFN2/c1-10(2)14-8-17-5-6-18(14)9-11-3-4-12(15)7-13(11)16/h3-4,7,10,14,17H,5-6,8-9H2,1-2H3. The van der Waals surface area contributed by atoms with Crippen LogP contribution in [0.2, 0.25) is 5.02 Å². The Labute approximate surface area is 113 Å². The highest BCUT2D eigenvalue weighted by Crippen LogP contribution is 2.20. The molecule has 1 atom stereocenters. The first-order valence-corrected chi connectivity index (χ1v) is 6.84. The minimum Gasteiger partial charge on any atom is -0.314 e. The molecule has 1 aliphatic heterocycles. The lowest BCUT2D eigenvalue weighted by Gasteiger charge is -2.38. The summed E-state index contributed by atoms with van der Waals surface area (Å²) in [7, 11) is 0. The van der Waals surface area contributed by atoms with Crippen LogP contribution in [0.3, 0.4) is 0 Å². The van der Waals surface area contributed by atoms with Crippen molar-refractivity contribution in [3.8, 4) is 0 Å². The lowest BCUT2D eigenvalue weighted by atomic mass is 9.99. The normalized spacial score (nSPS) is 21.5. The Hall–Kier alpha value is -0.640. The molecule has 18 heavy (non-hydrogen) atoms. The lowest BCUT2D eigenvalue weighted by Crippen LogP contribution is -2.53. The molecule has 2 rings (SSSR count). The fourth-order valence-electron chi connectivity index (χ4n) is 2.49. The third-order valence-electron chi connectivity index (χ3n) is 3.56. The van der Waals surface area contributed by atoms with Crippen molar-refractivity contribution in [2.75, 3.05) is 19.6 Å². The van der Waals surface area contributed by atoms with E-state index in [2.05, 4.69) is 24.1 Å². The molecule has 1 aromatic rings. The molecule has 1 saturated heterocycles. The maximum atomic E-state index is 13.8. The second-order valence-corrected chi connectivity index (χ2v) is 5.66. The van der Waals surface area contributed by atoms with E-state index < -0.39 is 0 Å². The van der Waals surface area contributed by atoms with Gasteiger partial charge in [-0.1, -0.05) is 31.5 Å². The maximum Gasteiger partial charge on any atom is 0.129 e. The molecule has 1 unspecified atom stereocenters. The second kappa shape index (κ2) is 6.00. The fraction of sp³-hybridized carbons (Fsp3) is 0.571. The van der Waals surface area contributed by atoms with Crippen LogP contribution in [0, 0.1) is 11.7 Å². The van der Waals surface area contributed by atoms with Gasteiger partial charge in [-0.05, 0) is 18.1 Å². The van der Waals surface area contributed by atoms with E-state index in [1.165, 1.54) is 6.07 Å². The highest BCUT2D eigenvalue weighted by Gasteiger charge is 2.25. The van der Waals surface area contributed by atoms with E-state index in [4.69, 9.17) is 11.6 Å². The average molecular weight is 271 g/mol. The summed E-state index contributed by atoms with van der Waals surface area (Å²) in [5, 5.41) is 3.85. The predicted molar refractivity (Wildman–Crippen MR) is 73.3 cm³/mol. The van der Waals surface area contributed by atoms with Crippen molar-refractivity contribution in [2.45, 2.75) is 26.4 Å². The molecule has 0 saturated carbocycles. The molecule has 1 heterocycles. The van der Waals surface area contributed by atoms with E-state index in [9.17, 15) is 4.39 Å². The molecule has 4 heteroatoms. The summed E-state index contributed by atoms with van der Waals surface area (Å²) in [6, 6.07) is 5.40. The number of piperazine rings is 1. The quantitative estimate of drug-likeness (QED) is 0.909. The molecule has 1 N–H and O–H groups in total. The number of benzene rings is 1. The summed E-state index contributed by atoms with van der Waals surface area (Å²) >= 11 is 5.78. The van der Waals surface area contributed by atoms with Crippen molar-refractivity contribution in [2.24, 2.45) is 5.92 Å². The minimum atomic E-state index is -0.205. The van der Waals surface area contributed by atoms with Gasteiger partial charge < -0.3 is 5.32 Å². The molecule has 0 amide bonds. The highest BCUT2D eigenvalue weighted by atomic mass is 35.5. The number of rotatable bonds is 3. The molecule has 1 fully saturated rings. The number of hydrogen-bond donors (Lipinski definition) is 1. The Morgan fingerprint density at radius 2 is 2.28 bits per heavy atom. The molecule has 0 spiro atoms. The Morgan fingerprint density at radius 1 is 1.50 bits per heavy atom. The van der Waals surface area contributed by atoms with Gasteiger partial charge in [0.2, 0.25) is 0 Å². The summed E-state index contributed by atoms with van der Waals surface area (Å²) in [5.74, 6) is 0.358. The van der Waals surface area contributed by atoms with Gasteiger partial charge in [0.25, 0.3) is 0 Å². The molecule has 0 aromatic heterocycles. The van der Waals surface area contributed by atoms with Crippen LogP contribution >= 0.6 is 11.6 Å². The van der Waals surface area contributed by atoms with E-state index >= 15 is 0 Å². The van der Waals surface area contributed by atoms with Crippen LogP contribution in [0.1, 0.15) is 19.4 Å². The number of nitrogens with zero attached hydrogens (tertiary/aromatic N) is 1. The smallest absolute Gasteiger partial charge is 0.129 e. The van der Waals surface area contributed by atoms with E-state index in [0.717, 1.165) is 25.2 Å². The molecule has 0 radical (unpaired) electrons. The lowest BCUT2D eigenvalue weighted by molar-refractivity contribution is 0.116. The summed E-state index contributed by atoms with van der Waals surface area (Å²) < 4.78 is 13.8. The van der Waals surface area contributed by atoms with Gasteiger partial charge in [0.1, 0.15) is 5.82 Å². The van der Waals surface area contributed by atoms with Crippen LogP contribution < -0.4 is 5.32 Å². The number of nitrogens with one attached hydrogen (secondary N) is 1. The van der Waals surface area contributed by atoms with Crippen molar-refractivity contribution in [3.05, 3.63) is 34.6 Å². The van der Waals surface area contributed by atoms with Crippen molar-refractivity contribution < 1.29 is 4.39 Å². The second-order valence-electron chi connectivity index (χ2n) is 5.22. The van der Waals surface area contributed by atoms with Gasteiger partial charge in [0, 0.05) is 42.8 Å². The topological polar surface area (TPSA) is 15.3 Å². The maximum absolute atomic E-state index is 13.8. The van der Waals surface area contributed by atoms with E-state index in [-0.39, 0.29) is 5.82 Å². The molecule has 100 valence electrons. The van der Waals surface area contributed by atoms with Crippen molar-refractivity contribution in [1.29, 1.82) is 0 Å². The zero-order valence-electron chi connectivity index (χ0n) is 10.9. The van der Waals surface area contributed by atoms with Crippen LogP contribution in [0.15, 0.2) is 18.2 Å². The van der Waals surface area contributed by atoms with Gasteiger partial charge in [0.05, 0.1) is 0 Å². The SMILES string of the molecule is CC(C)C1CNCCN1Cc1ccc(Cl)cc1F. The van der Waals surface area contributed by atoms with Crippen LogP contribution in [-0.2, 0) is 6.54 Å². The molecule has 1 aliphatic rings. The van der Waals surface area contributed by atoms with Crippen LogP contribution in [0.25, 0.3) is 0 Å². The fourth-order valence-corrected chi connectivity index (χ4v) is 2.65. The zero-order valence-corrected chi connectivity index (χ0v) is 11.7. The van der Waals surface area contributed by atoms with Gasteiger partial charge in [-0.3, -0.25) is 4.90 Å². The van der Waals surface area contributed by atoms with Gasteiger partial charge in [0.15, 0.2) is 0 Å². The molecule has 0 aliphatic carbocycles. The highest BCUT2D eigenvalue weighted by molar-refractivity contribution is 6.30. The number of halogens is 2. The van der Waals surface area contributed by atoms with Crippen molar-refractivity contribution in [3.63, 3.8) is 0 Å². The predicted octanol–water partition coefficient (Wildman–Crippen LogP) is 2.91. The van der Waals surface area contributed by atoms with Gasteiger partial charge in [-0.15, -0.1) is 0 Å². The minimum absolute atomic E-state index is 0.205. The van der Waals surface area contributed by atoms with Crippen LogP contribution in [-0.4, -0.2) is 30.6 Å². The van der Waals surface area contributed by atoms with Gasteiger partial charge in [-0.2, -0.15) is 0 Å². The van der Waals surface area contributed by atoms with E-state index in [1.807, 2.05) is 0 Å². The monoisotopic (exact) mass is 270 g/mol. The largest absolute Gasteiger partial charge is 0.314 e. The third-order valence-corrected chi connectivity index (χ3v) is 3.79. The Bertz CT molecular complexity index is 409.